The van der Waals surface area contributed by atoms with Gasteiger partial charge in [0.15, 0.2) is 5.11 Å². The standard InChI is InChI=1S/C22H21ClN2OS/c1-15-7-6-10-17(13-15)21(16-8-4-3-5-9-16)25-22(27)24-18-11-12-20(26-2)19(23)14-18/h3-14,21H,1-2H3,(H2,24,25,27)/t21-/m0/s1. The zero-order valence-corrected chi connectivity index (χ0v) is 16.8. The highest BCUT2D eigenvalue weighted by Crippen LogP contribution is 2.28. The van der Waals surface area contributed by atoms with Gasteiger partial charge in [0.2, 0.25) is 0 Å². The number of hydrogen-bond donors (Lipinski definition) is 2. The summed E-state index contributed by atoms with van der Waals surface area (Å²) >= 11 is 11.8. The lowest BCUT2D eigenvalue weighted by Gasteiger charge is -2.22. The number of methoxy groups -OCH3 is 1. The van der Waals surface area contributed by atoms with Gasteiger partial charge >= 0.3 is 0 Å². The summed E-state index contributed by atoms with van der Waals surface area (Å²) in [7, 11) is 1.59. The van der Waals surface area contributed by atoms with Crippen LogP contribution in [0.5, 0.6) is 5.75 Å². The zero-order chi connectivity index (χ0) is 19.2. The number of hydrogen-bond acceptors (Lipinski definition) is 2. The maximum absolute atomic E-state index is 6.20. The number of thiocarbonyl (C=S) groups is 1. The first-order chi connectivity index (χ1) is 13.1. The molecule has 0 saturated heterocycles. The largest absolute Gasteiger partial charge is 0.495 e. The monoisotopic (exact) mass is 396 g/mol. The normalized spacial score (nSPS) is 11.5. The van der Waals surface area contributed by atoms with Gasteiger partial charge < -0.3 is 15.4 Å². The van der Waals surface area contributed by atoms with E-state index in [1.54, 1.807) is 13.2 Å². The summed E-state index contributed by atoms with van der Waals surface area (Å²) < 4.78 is 5.19. The maximum Gasteiger partial charge on any atom is 0.171 e. The van der Waals surface area contributed by atoms with Crippen molar-refractivity contribution in [3.8, 4) is 5.75 Å². The van der Waals surface area contributed by atoms with Gasteiger partial charge in [0.25, 0.3) is 0 Å². The molecule has 138 valence electrons. The second-order valence-electron chi connectivity index (χ2n) is 6.21. The second kappa shape index (κ2) is 8.89. The molecular formula is C22H21ClN2OS. The molecule has 1 atom stereocenters. The lowest BCUT2D eigenvalue weighted by Crippen LogP contribution is -2.33. The highest BCUT2D eigenvalue weighted by atomic mass is 35.5. The Bertz CT molecular complexity index is 931. The van der Waals surface area contributed by atoms with E-state index in [0.717, 1.165) is 16.8 Å². The topological polar surface area (TPSA) is 33.3 Å². The number of ether oxygens (including phenoxy) is 1. The Morgan fingerprint density at radius 1 is 0.963 bits per heavy atom. The molecule has 0 aliphatic rings. The molecule has 5 heteroatoms. The van der Waals surface area contributed by atoms with Crippen molar-refractivity contribution >= 4 is 34.6 Å². The summed E-state index contributed by atoms with van der Waals surface area (Å²) in [6.07, 6.45) is 0. The van der Waals surface area contributed by atoms with Crippen molar-refractivity contribution in [3.05, 3.63) is 94.5 Å². The van der Waals surface area contributed by atoms with Gasteiger partial charge in [-0.05, 0) is 48.5 Å². The molecule has 0 aromatic heterocycles. The molecule has 2 N–H and O–H groups in total. The number of aryl methyl sites for hydroxylation is 1. The molecule has 0 spiro atoms. The van der Waals surface area contributed by atoms with Gasteiger partial charge in [-0.25, -0.2) is 0 Å². The number of nitrogens with one attached hydrogen (secondary N) is 2. The zero-order valence-electron chi connectivity index (χ0n) is 15.2. The predicted molar refractivity (Wildman–Crippen MR) is 117 cm³/mol. The summed E-state index contributed by atoms with van der Waals surface area (Å²) in [5.41, 5.74) is 4.29. The molecule has 0 radical (unpaired) electrons. The van der Waals surface area contributed by atoms with Crippen LogP contribution in [-0.2, 0) is 0 Å². The highest BCUT2D eigenvalue weighted by molar-refractivity contribution is 7.80. The summed E-state index contributed by atoms with van der Waals surface area (Å²) in [6, 6.07) is 24.1. The summed E-state index contributed by atoms with van der Waals surface area (Å²) in [5, 5.41) is 7.67. The third-order valence-corrected chi connectivity index (χ3v) is 4.71. The lowest BCUT2D eigenvalue weighted by molar-refractivity contribution is 0.415. The van der Waals surface area contributed by atoms with E-state index >= 15 is 0 Å². The van der Waals surface area contributed by atoms with Crippen LogP contribution >= 0.6 is 23.8 Å². The first kappa shape index (κ1) is 19.2. The Hall–Kier alpha value is -2.56. The molecule has 3 rings (SSSR count). The fraction of sp³-hybridized carbons (Fsp3) is 0.136. The lowest BCUT2D eigenvalue weighted by atomic mass is 9.97. The second-order valence-corrected chi connectivity index (χ2v) is 7.02. The first-order valence-corrected chi connectivity index (χ1v) is 9.38. The summed E-state index contributed by atoms with van der Waals surface area (Å²) in [4.78, 5) is 0. The van der Waals surface area contributed by atoms with Gasteiger partial charge in [0.1, 0.15) is 5.75 Å². The summed E-state index contributed by atoms with van der Waals surface area (Å²) in [6.45, 7) is 2.08. The average Bonchev–Trinajstić information content (AvgIpc) is 2.67. The van der Waals surface area contributed by atoms with E-state index in [-0.39, 0.29) is 6.04 Å². The van der Waals surface area contributed by atoms with Crippen molar-refractivity contribution in [1.82, 2.24) is 5.32 Å². The van der Waals surface area contributed by atoms with E-state index in [9.17, 15) is 0 Å². The van der Waals surface area contributed by atoms with E-state index in [2.05, 4.69) is 54.0 Å². The van der Waals surface area contributed by atoms with Crippen LogP contribution in [0.1, 0.15) is 22.7 Å². The Labute approximate surface area is 170 Å². The van der Waals surface area contributed by atoms with E-state index in [0.29, 0.717) is 15.9 Å². The Morgan fingerprint density at radius 2 is 1.70 bits per heavy atom. The van der Waals surface area contributed by atoms with Crippen LogP contribution in [0, 0.1) is 6.92 Å². The summed E-state index contributed by atoms with van der Waals surface area (Å²) in [5.74, 6) is 0.628. The fourth-order valence-electron chi connectivity index (χ4n) is 2.90. The van der Waals surface area contributed by atoms with Crippen molar-refractivity contribution in [2.75, 3.05) is 12.4 Å². The minimum absolute atomic E-state index is 0.0557. The maximum atomic E-state index is 6.20. The molecule has 0 saturated carbocycles. The van der Waals surface area contributed by atoms with Gasteiger partial charge in [0, 0.05) is 5.69 Å². The molecule has 0 aliphatic heterocycles. The molecule has 3 aromatic rings. The molecule has 0 heterocycles. The van der Waals surface area contributed by atoms with Gasteiger partial charge in [-0.3, -0.25) is 0 Å². The predicted octanol–water partition coefficient (Wildman–Crippen LogP) is 5.73. The smallest absolute Gasteiger partial charge is 0.171 e. The number of halogens is 1. The Morgan fingerprint density at radius 3 is 2.37 bits per heavy atom. The van der Waals surface area contributed by atoms with Crippen LogP contribution in [0.25, 0.3) is 0 Å². The number of anilines is 1. The molecule has 3 nitrogen and oxygen atoms in total. The number of benzene rings is 3. The van der Waals surface area contributed by atoms with Crippen LogP contribution in [0.2, 0.25) is 5.02 Å². The SMILES string of the molecule is COc1ccc(NC(=S)N[C@@H](c2ccccc2)c2cccc(C)c2)cc1Cl. The minimum Gasteiger partial charge on any atom is -0.495 e. The quantitative estimate of drug-likeness (QED) is 0.539. The molecular weight excluding hydrogens is 376 g/mol. The molecule has 3 aromatic carbocycles. The molecule has 0 amide bonds. The van der Waals surface area contributed by atoms with E-state index in [1.807, 2.05) is 30.3 Å². The molecule has 0 bridgehead atoms. The third kappa shape index (κ3) is 5.00. The fourth-order valence-corrected chi connectivity index (χ4v) is 3.39. The van der Waals surface area contributed by atoms with Crippen LogP contribution in [0.4, 0.5) is 5.69 Å². The molecule has 0 aliphatic carbocycles. The van der Waals surface area contributed by atoms with Crippen LogP contribution in [0.15, 0.2) is 72.8 Å². The van der Waals surface area contributed by atoms with Gasteiger partial charge in [0.05, 0.1) is 18.2 Å². The van der Waals surface area contributed by atoms with Gasteiger partial charge in [-0.1, -0.05) is 71.8 Å². The highest BCUT2D eigenvalue weighted by Gasteiger charge is 2.15. The molecule has 0 unspecified atom stereocenters. The average molecular weight is 397 g/mol. The van der Waals surface area contributed by atoms with Crippen LogP contribution < -0.4 is 15.4 Å². The number of rotatable bonds is 5. The minimum atomic E-state index is -0.0557. The van der Waals surface area contributed by atoms with Crippen molar-refractivity contribution in [1.29, 1.82) is 0 Å². The third-order valence-electron chi connectivity index (χ3n) is 4.19. The Kier molecular flexibility index (Phi) is 6.32. The van der Waals surface area contributed by atoms with E-state index in [4.69, 9.17) is 28.6 Å². The van der Waals surface area contributed by atoms with Crippen molar-refractivity contribution in [2.45, 2.75) is 13.0 Å². The van der Waals surface area contributed by atoms with Crippen molar-refractivity contribution in [3.63, 3.8) is 0 Å². The van der Waals surface area contributed by atoms with E-state index < -0.39 is 0 Å². The van der Waals surface area contributed by atoms with Crippen LogP contribution in [-0.4, -0.2) is 12.2 Å². The van der Waals surface area contributed by atoms with Gasteiger partial charge in [-0.15, -0.1) is 0 Å². The van der Waals surface area contributed by atoms with Crippen LogP contribution in [0.3, 0.4) is 0 Å². The van der Waals surface area contributed by atoms with E-state index in [1.165, 1.54) is 5.56 Å². The molecule has 27 heavy (non-hydrogen) atoms. The van der Waals surface area contributed by atoms with Crippen molar-refractivity contribution in [2.24, 2.45) is 0 Å². The Balaban J connectivity index is 1.81. The molecule has 0 fully saturated rings. The van der Waals surface area contributed by atoms with Crippen molar-refractivity contribution < 1.29 is 4.74 Å². The van der Waals surface area contributed by atoms with Gasteiger partial charge in [-0.2, -0.15) is 0 Å². The first-order valence-electron chi connectivity index (χ1n) is 8.59.